The molecule has 48 valence electrons. The average Bonchev–Trinajstić information content (AvgIpc) is 1.82. The lowest BCUT2D eigenvalue weighted by molar-refractivity contribution is 0.450. The van der Waals surface area contributed by atoms with Crippen LogP contribution in [-0.2, 0) is 0 Å². The zero-order valence-corrected chi connectivity index (χ0v) is 4.63. The van der Waals surface area contributed by atoms with Crippen molar-refractivity contribution in [3.05, 3.63) is 23.8 Å². The Morgan fingerprint density at radius 2 is 1.78 bits per heavy atom. The van der Waals surface area contributed by atoms with Gasteiger partial charge in [-0.15, -0.1) is 0 Å². The smallest absolute Gasteiger partial charge is 0.119 e. The van der Waals surface area contributed by atoms with Crippen molar-refractivity contribution in [2.45, 2.75) is 6.85 Å². The van der Waals surface area contributed by atoms with Crippen molar-refractivity contribution in [2.24, 2.45) is 0 Å². The van der Waals surface area contributed by atoms with E-state index in [0.29, 0.717) is 0 Å². The second kappa shape index (κ2) is 1.97. The third kappa shape index (κ3) is 1.35. The molecular formula is C7H8O2. The molecule has 0 aliphatic heterocycles. The van der Waals surface area contributed by atoms with Gasteiger partial charge in [0.05, 0.1) is 0 Å². The fraction of sp³-hybridized carbons (Fsp3) is 0.143. The van der Waals surface area contributed by atoms with Gasteiger partial charge in [-0.05, 0) is 24.5 Å². The maximum Gasteiger partial charge on any atom is 0.119 e. The van der Waals surface area contributed by atoms with Crippen LogP contribution in [-0.4, -0.2) is 10.2 Å². The molecule has 0 aliphatic carbocycles. The minimum atomic E-state index is -2.30. The molecule has 0 atom stereocenters. The van der Waals surface area contributed by atoms with Crippen LogP contribution in [0.2, 0.25) is 0 Å². The lowest BCUT2D eigenvalue weighted by Crippen LogP contribution is -1.70. The van der Waals surface area contributed by atoms with Gasteiger partial charge in [0, 0.05) is 10.2 Å². The summed E-state index contributed by atoms with van der Waals surface area (Å²) in [4.78, 5) is 0. The second-order valence-electron chi connectivity index (χ2n) is 1.74. The van der Waals surface area contributed by atoms with Gasteiger partial charge < -0.3 is 10.2 Å². The van der Waals surface area contributed by atoms with Crippen LogP contribution in [0.4, 0.5) is 0 Å². The molecule has 0 aliphatic rings. The largest absolute Gasteiger partial charge is 0.508 e. The summed E-state index contributed by atoms with van der Waals surface area (Å²) in [5, 5.41) is 17.9. The Morgan fingerprint density at radius 1 is 1.22 bits per heavy atom. The number of phenolic OH excluding ortho intramolecular Hbond substituents is 2. The maximum atomic E-state index is 8.95. The molecule has 0 radical (unpaired) electrons. The normalized spacial score (nSPS) is 15.8. The van der Waals surface area contributed by atoms with Gasteiger partial charge in [-0.3, -0.25) is 0 Å². The molecule has 0 aromatic heterocycles. The van der Waals surface area contributed by atoms with Crippen LogP contribution >= 0.6 is 0 Å². The maximum absolute atomic E-state index is 8.95. The zero-order chi connectivity index (χ0) is 9.35. The monoisotopic (exact) mass is 127 g/mol. The molecule has 1 rings (SSSR count). The van der Waals surface area contributed by atoms with Crippen molar-refractivity contribution < 1.29 is 14.3 Å². The van der Waals surface area contributed by atoms with Crippen molar-refractivity contribution >= 4 is 0 Å². The van der Waals surface area contributed by atoms with Gasteiger partial charge in [0.2, 0.25) is 0 Å². The minimum absolute atomic E-state index is 0.0694. The Kier molecular flexibility index (Phi) is 0.681. The standard InChI is InChI=1S/C7H8O2/c1-5-2-6(8)4-7(9)3-5/h2-4,8-9H,1H3/i1D3. The number of rotatable bonds is 0. The predicted octanol–water partition coefficient (Wildman–Crippen LogP) is 1.41. The highest BCUT2D eigenvalue weighted by atomic mass is 16.3. The second-order valence-corrected chi connectivity index (χ2v) is 1.74. The van der Waals surface area contributed by atoms with E-state index in [9.17, 15) is 0 Å². The fourth-order valence-electron chi connectivity index (χ4n) is 0.595. The molecule has 2 heteroatoms. The van der Waals surface area contributed by atoms with Crippen molar-refractivity contribution in [1.82, 2.24) is 0 Å². The molecule has 0 heterocycles. The van der Waals surface area contributed by atoms with Gasteiger partial charge in [0.15, 0.2) is 0 Å². The highest BCUT2D eigenvalue weighted by Crippen LogP contribution is 2.18. The Bertz CT molecular complexity index is 273. The number of phenols is 2. The van der Waals surface area contributed by atoms with E-state index in [-0.39, 0.29) is 17.1 Å². The first-order chi connectivity index (χ1) is 5.39. The molecule has 0 saturated heterocycles. The van der Waals surface area contributed by atoms with Gasteiger partial charge in [-0.2, -0.15) is 0 Å². The number of aromatic hydroxyl groups is 2. The van der Waals surface area contributed by atoms with E-state index >= 15 is 0 Å². The average molecular weight is 127 g/mol. The molecule has 0 bridgehead atoms. The van der Waals surface area contributed by atoms with E-state index in [1.54, 1.807) is 0 Å². The highest BCUT2D eigenvalue weighted by molar-refractivity contribution is 5.35. The lowest BCUT2D eigenvalue weighted by atomic mass is 10.2. The quantitative estimate of drug-likeness (QED) is 0.553. The molecule has 1 aromatic rings. The minimum Gasteiger partial charge on any atom is -0.508 e. The van der Waals surface area contributed by atoms with E-state index in [1.807, 2.05) is 0 Å². The molecule has 1 aromatic carbocycles. The first-order valence-electron chi connectivity index (χ1n) is 3.93. The van der Waals surface area contributed by atoms with Crippen LogP contribution in [0, 0.1) is 6.85 Å². The Balaban J connectivity index is 3.18. The van der Waals surface area contributed by atoms with Crippen LogP contribution in [0.1, 0.15) is 9.68 Å². The van der Waals surface area contributed by atoms with E-state index in [4.69, 9.17) is 14.3 Å². The van der Waals surface area contributed by atoms with Crippen LogP contribution < -0.4 is 0 Å². The summed E-state index contributed by atoms with van der Waals surface area (Å²) in [6, 6.07) is 3.29. The molecule has 9 heavy (non-hydrogen) atoms. The number of hydrogen-bond donors (Lipinski definition) is 2. The van der Waals surface area contributed by atoms with Crippen molar-refractivity contribution in [3.8, 4) is 11.5 Å². The van der Waals surface area contributed by atoms with Gasteiger partial charge in [-0.1, -0.05) is 0 Å². The zero-order valence-electron chi connectivity index (χ0n) is 7.63. The number of aryl methyl sites for hydroxylation is 1. The summed E-state index contributed by atoms with van der Waals surface area (Å²) in [6.07, 6.45) is 0. The van der Waals surface area contributed by atoms with Gasteiger partial charge in [0.25, 0.3) is 0 Å². The fourth-order valence-corrected chi connectivity index (χ4v) is 0.595. The van der Waals surface area contributed by atoms with Crippen LogP contribution in [0.5, 0.6) is 11.5 Å². The first-order valence-corrected chi connectivity index (χ1v) is 2.43. The van der Waals surface area contributed by atoms with E-state index in [2.05, 4.69) is 0 Å². The predicted molar refractivity (Wildman–Crippen MR) is 34.5 cm³/mol. The summed E-state index contributed by atoms with van der Waals surface area (Å²) in [5.74, 6) is -0.498. The summed E-state index contributed by atoms with van der Waals surface area (Å²) in [5.41, 5.74) is -0.0694. The highest BCUT2D eigenvalue weighted by Gasteiger charge is 1.91. The van der Waals surface area contributed by atoms with Gasteiger partial charge >= 0.3 is 0 Å². The topological polar surface area (TPSA) is 40.5 Å². The first kappa shape index (κ1) is 3.11. The molecule has 2 N–H and O–H groups in total. The molecule has 0 unspecified atom stereocenters. The number of hydrogen-bond acceptors (Lipinski definition) is 2. The lowest BCUT2D eigenvalue weighted by Gasteiger charge is -1.94. The molecule has 0 spiro atoms. The van der Waals surface area contributed by atoms with Crippen molar-refractivity contribution in [1.29, 1.82) is 0 Å². The Hall–Kier alpha value is -1.18. The molecule has 0 fully saturated rings. The number of benzene rings is 1. The van der Waals surface area contributed by atoms with E-state index < -0.39 is 6.85 Å². The van der Waals surface area contributed by atoms with Crippen molar-refractivity contribution in [3.63, 3.8) is 0 Å². The Labute approximate surface area is 57.6 Å². The van der Waals surface area contributed by atoms with Crippen LogP contribution in [0.15, 0.2) is 18.2 Å². The summed E-state index contributed by atoms with van der Waals surface area (Å²) >= 11 is 0. The van der Waals surface area contributed by atoms with E-state index in [1.165, 1.54) is 0 Å². The third-order valence-corrected chi connectivity index (χ3v) is 0.903. The van der Waals surface area contributed by atoms with Gasteiger partial charge in [-0.25, -0.2) is 0 Å². The molecule has 0 saturated carbocycles. The van der Waals surface area contributed by atoms with Crippen LogP contribution in [0.3, 0.4) is 0 Å². The van der Waals surface area contributed by atoms with Crippen LogP contribution in [0.25, 0.3) is 0 Å². The molecule has 2 nitrogen and oxygen atoms in total. The van der Waals surface area contributed by atoms with E-state index in [0.717, 1.165) is 18.2 Å². The SMILES string of the molecule is [2H]C([2H])([2H])c1cc(O)cc(O)c1. The third-order valence-electron chi connectivity index (χ3n) is 0.903. The molecule has 0 amide bonds. The summed E-state index contributed by atoms with van der Waals surface area (Å²) in [7, 11) is 0. The molecular weight excluding hydrogens is 116 g/mol. The van der Waals surface area contributed by atoms with Gasteiger partial charge in [0.1, 0.15) is 11.5 Å². The summed E-state index contributed by atoms with van der Waals surface area (Å²) < 4.78 is 20.9. The summed E-state index contributed by atoms with van der Waals surface area (Å²) in [6.45, 7) is -2.30. The Morgan fingerprint density at radius 3 is 2.22 bits per heavy atom. The van der Waals surface area contributed by atoms with Crippen molar-refractivity contribution in [2.75, 3.05) is 0 Å².